The molecule has 0 aromatic carbocycles. The number of aliphatic hydroxyl groups excluding tert-OH is 1. The van der Waals surface area contributed by atoms with E-state index in [4.69, 9.17) is 18.9 Å². The van der Waals surface area contributed by atoms with Gasteiger partial charge >= 0.3 is 17.9 Å². The van der Waals surface area contributed by atoms with E-state index in [0.717, 1.165) is 5.57 Å². The highest BCUT2D eigenvalue weighted by molar-refractivity contribution is 5.72. The summed E-state index contributed by atoms with van der Waals surface area (Å²) in [6, 6.07) is 0. The first-order valence-electron chi connectivity index (χ1n) is 13.5. The number of esters is 3. The van der Waals surface area contributed by atoms with Crippen molar-refractivity contribution in [3.63, 3.8) is 0 Å². The lowest BCUT2D eigenvalue weighted by molar-refractivity contribution is -0.264. The molecule has 0 radical (unpaired) electrons. The Labute approximate surface area is 220 Å². The highest BCUT2D eigenvalue weighted by Crippen LogP contribution is 2.68. The van der Waals surface area contributed by atoms with Gasteiger partial charge in [0.1, 0.15) is 6.10 Å². The molecule has 0 aromatic rings. The maximum atomic E-state index is 12.8. The number of carbonyl (C=O) groups is 3. The third-order valence-electron chi connectivity index (χ3n) is 9.37. The summed E-state index contributed by atoms with van der Waals surface area (Å²) < 4.78 is 23.5. The predicted molar refractivity (Wildman–Crippen MR) is 137 cm³/mol. The van der Waals surface area contributed by atoms with Crippen LogP contribution in [-0.4, -0.2) is 47.8 Å². The largest absolute Gasteiger partial charge is 0.462 e. The van der Waals surface area contributed by atoms with Gasteiger partial charge in [-0.2, -0.15) is 0 Å². The smallest absolute Gasteiger partial charge is 0.308 e. The van der Waals surface area contributed by atoms with Crippen LogP contribution in [0.3, 0.4) is 0 Å². The molecule has 1 N–H and O–H groups in total. The second-order valence-corrected chi connectivity index (χ2v) is 11.6. The van der Waals surface area contributed by atoms with Crippen LogP contribution < -0.4 is 0 Å². The fourth-order valence-corrected chi connectivity index (χ4v) is 6.86. The molecule has 1 heterocycles. The lowest BCUT2D eigenvalue weighted by Crippen LogP contribution is -2.66. The van der Waals surface area contributed by atoms with Gasteiger partial charge in [-0.05, 0) is 56.3 Å². The topological polar surface area (TPSA) is 108 Å². The van der Waals surface area contributed by atoms with E-state index >= 15 is 0 Å². The number of carbonyl (C=O) groups excluding carboxylic acids is 3. The molecule has 3 unspecified atom stereocenters. The molecule has 0 aromatic heterocycles. The zero-order valence-corrected chi connectivity index (χ0v) is 23.3. The van der Waals surface area contributed by atoms with Gasteiger partial charge in [0.15, 0.2) is 0 Å². The van der Waals surface area contributed by atoms with E-state index in [1.807, 2.05) is 20.8 Å². The quantitative estimate of drug-likeness (QED) is 0.279. The molecule has 1 aliphatic heterocycles. The second-order valence-electron chi connectivity index (χ2n) is 11.6. The van der Waals surface area contributed by atoms with Gasteiger partial charge in [-0.1, -0.05) is 52.0 Å². The molecule has 1 saturated heterocycles. The fourth-order valence-electron chi connectivity index (χ4n) is 6.86. The fraction of sp³-hybridized carbons (Fsp3) is 0.759. The van der Waals surface area contributed by atoms with Crippen molar-refractivity contribution in [2.24, 2.45) is 34.5 Å². The molecule has 2 saturated carbocycles. The molecule has 8 heteroatoms. The van der Waals surface area contributed by atoms with Gasteiger partial charge in [-0.25, -0.2) is 0 Å². The van der Waals surface area contributed by atoms with Crippen LogP contribution >= 0.6 is 0 Å². The van der Waals surface area contributed by atoms with Crippen molar-refractivity contribution < 1.29 is 38.4 Å². The molecule has 2 aliphatic carbocycles. The number of rotatable bonds is 8. The summed E-state index contributed by atoms with van der Waals surface area (Å²) in [5.74, 6) is -2.28. The van der Waals surface area contributed by atoms with Gasteiger partial charge in [0, 0.05) is 19.8 Å². The average Bonchev–Trinajstić information content (AvgIpc) is 3.12. The zero-order chi connectivity index (χ0) is 27.7. The van der Waals surface area contributed by atoms with Crippen molar-refractivity contribution in [1.29, 1.82) is 0 Å². The van der Waals surface area contributed by atoms with Gasteiger partial charge in [0.2, 0.25) is 12.6 Å². The zero-order valence-electron chi connectivity index (χ0n) is 23.3. The molecule has 3 aliphatic rings. The van der Waals surface area contributed by atoms with Crippen LogP contribution in [0.25, 0.3) is 0 Å². The third kappa shape index (κ3) is 5.37. The minimum absolute atomic E-state index is 0.0995. The van der Waals surface area contributed by atoms with Crippen molar-refractivity contribution in [2.45, 2.75) is 105 Å². The monoisotopic (exact) mass is 520 g/mol. The summed E-state index contributed by atoms with van der Waals surface area (Å²) >= 11 is 0. The van der Waals surface area contributed by atoms with E-state index in [-0.39, 0.29) is 29.1 Å². The van der Waals surface area contributed by atoms with Crippen LogP contribution in [0, 0.1) is 34.5 Å². The van der Waals surface area contributed by atoms with Crippen molar-refractivity contribution in [2.75, 3.05) is 0 Å². The number of ether oxygens (including phenoxy) is 4. The second kappa shape index (κ2) is 11.3. The summed E-state index contributed by atoms with van der Waals surface area (Å²) in [6.07, 6.45) is 3.12. The van der Waals surface area contributed by atoms with E-state index in [9.17, 15) is 19.5 Å². The van der Waals surface area contributed by atoms with Crippen molar-refractivity contribution in [3.05, 3.63) is 24.3 Å². The third-order valence-corrected chi connectivity index (χ3v) is 9.37. The molecular formula is C29H44O8. The number of hydrogen-bond donors (Lipinski definition) is 1. The summed E-state index contributed by atoms with van der Waals surface area (Å²) in [5, 5.41) is 11.8. The Kier molecular flexibility index (Phi) is 8.95. The Balaban J connectivity index is 2.16. The van der Waals surface area contributed by atoms with Gasteiger partial charge in [0.05, 0.1) is 17.4 Å². The Morgan fingerprint density at radius 3 is 2.32 bits per heavy atom. The minimum atomic E-state index is -1.10. The van der Waals surface area contributed by atoms with Crippen LogP contribution in [0.4, 0.5) is 0 Å². The highest BCUT2D eigenvalue weighted by Gasteiger charge is 2.73. The predicted octanol–water partition coefficient (Wildman–Crippen LogP) is 4.69. The van der Waals surface area contributed by atoms with Gasteiger partial charge in [0.25, 0.3) is 0 Å². The maximum Gasteiger partial charge on any atom is 0.308 e. The maximum absolute atomic E-state index is 12.8. The lowest BCUT2D eigenvalue weighted by Gasteiger charge is -2.62. The summed E-state index contributed by atoms with van der Waals surface area (Å²) in [5.41, 5.74) is -0.351. The van der Waals surface area contributed by atoms with Crippen LogP contribution in [0.5, 0.6) is 0 Å². The Morgan fingerprint density at radius 1 is 1.11 bits per heavy atom. The molecule has 10 atom stereocenters. The summed E-state index contributed by atoms with van der Waals surface area (Å²) in [6.45, 7) is 16.5. The number of hydrogen-bond acceptors (Lipinski definition) is 8. The van der Waals surface area contributed by atoms with E-state index in [1.165, 1.54) is 13.8 Å². The van der Waals surface area contributed by atoms with E-state index < -0.39 is 48.1 Å². The molecule has 3 fully saturated rings. The van der Waals surface area contributed by atoms with Crippen LogP contribution in [0.15, 0.2) is 24.3 Å². The van der Waals surface area contributed by atoms with E-state index in [1.54, 1.807) is 6.08 Å². The molecular weight excluding hydrogens is 476 g/mol. The minimum Gasteiger partial charge on any atom is -0.462 e. The first kappa shape index (κ1) is 29.4. The SMILES string of the molecule is C=C/C(C)=C/C[C@@]1(C)[C@@H](C)CC(O)C23[C@@H](OC(C)=O)O[C@@H](OC(C)=O)[C@H]2C[C@H](OC(=O)C(C)CC)C[C@@H]31. The van der Waals surface area contributed by atoms with Crippen molar-refractivity contribution >= 4 is 17.9 Å². The molecule has 37 heavy (non-hydrogen) atoms. The normalized spacial score (nSPS) is 40.1. The standard InChI is InChI=1S/C29H44O8/c1-9-16(3)11-12-28(8)18(5)13-24(32)29-22(26(34-19(6)30)37-27(29)35-20(7)31)14-21(15-23(28)29)36-25(33)17(4)10-2/h9,11,17-18,21-24,26-27,32H,1,10,12-15H2,2-8H3/b16-11+/t17?,18-,21-,22+,23+,24?,26+,27-,28-,29?/m0/s1. The molecule has 1 spiro atoms. The van der Waals surface area contributed by atoms with Gasteiger partial charge in [-0.3, -0.25) is 14.4 Å². The van der Waals surface area contributed by atoms with Gasteiger partial charge < -0.3 is 24.1 Å². The Morgan fingerprint density at radius 2 is 1.76 bits per heavy atom. The molecule has 3 rings (SSSR count). The first-order valence-corrected chi connectivity index (χ1v) is 13.5. The Bertz CT molecular complexity index is 927. The Hall–Kier alpha value is -2.19. The number of allylic oxidation sites excluding steroid dienone is 3. The molecule has 208 valence electrons. The summed E-state index contributed by atoms with van der Waals surface area (Å²) in [4.78, 5) is 37.1. The number of aliphatic hydroxyl groups is 1. The van der Waals surface area contributed by atoms with Crippen LogP contribution in [0.2, 0.25) is 0 Å². The van der Waals surface area contributed by atoms with Crippen LogP contribution in [0.1, 0.15) is 80.6 Å². The highest BCUT2D eigenvalue weighted by atomic mass is 16.8. The van der Waals surface area contributed by atoms with Crippen molar-refractivity contribution in [1.82, 2.24) is 0 Å². The molecule has 8 nitrogen and oxygen atoms in total. The lowest BCUT2D eigenvalue weighted by atomic mass is 9.43. The van der Waals surface area contributed by atoms with E-state index in [2.05, 4.69) is 26.5 Å². The first-order chi connectivity index (χ1) is 17.3. The molecule has 0 amide bonds. The summed E-state index contributed by atoms with van der Waals surface area (Å²) in [7, 11) is 0. The van der Waals surface area contributed by atoms with Crippen LogP contribution in [-0.2, 0) is 33.3 Å². The van der Waals surface area contributed by atoms with Gasteiger partial charge in [-0.15, -0.1) is 0 Å². The van der Waals surface area contributed by atoms with Crippen molar-refractivity contribution in [3.8, 4) is 0 Å². The van der Waals surface area contributed by atoms with E-state index in [0.29, 0.717) is 32.1 Å². The molecule has 0 bridgehead atoms. The average molecular weight is 521 g/mol.